The van der Waals surface area contributed by atoms with E-state index in [-0.39, 0.29) is 23.4 Å². The van der Waals surface area contributed by atoms with Crippen LogP contribution in [0.4, 0.5) is 9.18 Å². The Morgan fingerprint density at radius 2 is 1.73 bits per heavy atom. The summed E-state index contributed by atoms with van der Waals surface area (Å²) in [7, 11) is 3.58. The van der Waals surface area contributed by atoms with E-state index >= 15 is 4.39 Å². The molecule has 12 nitrogen and oxygen atoms in total. The van der Waals surface area contributed by atoms with E-state index in [4.69, 9.17) is 4.74 Å². The smallest absolute Gasteiger partial charge is 0.407 e. The number of carbonyl (C=O) groups excluding carboxylic acids is 1. The first-order chi connectivity index (χ1) is 22.8. The number of alkyl carbamates (subject to hydrolysis) is 1. The second-order valence-corrected chi connectivity index (χ2v) is 13.5. The molecular weight excluding hydrogens is 615 g/mol. The fourth-order valence-corrected chi connectivity index (χ4v) is 6.14. The molecule has 252 valence electrons. The summed E-state index contributed by atoms with van der Waals surface area (Å²) in [6, 6.07) is 14.7. The number of nitrogens with one attached hydrogen (secondary N) is 1. The Morgan fingerprint density at radius 3 is 2.38 bits per heavy atom. The predicted molar refractivity (Wildman–Crippen MR) is 179 cm³/mol. The normalized spacial score (nSPS) is 15.1. The maximum atomic E-state index is 15.0. The maximum absolute atomic E-state index is 15.0. The lowest BCUT2D eigenvalue weighted by atomic mass is 9.91. The number of ether oxygens (including phenoxy) is 1. The minimum atomic E-state index is -1.11. The summed E-state index contributed by atoms with van der Waals surface area (Å²) in [6.07, 6.45) is 3.52. The number of aromatic nitrogens is 6. The molecule has 0 radical (unpaired) electrons. The minimum Gasteiger partial charge on any atom is -0.444 e. The third-order valence-electron chi connectivity index (χ3n) is 8.69. The maximum Gasteiger partial charge on any atom is 0.407 e. The molecule has 6 rings (SSSR count). The van der Waals surface area contributed by atoms with Crippen molar-refractivity contribution in [2.24, 2.45) is 14.1 Å². The van der Waals surface area contributed by atoms with Gasteiger partial charge in [0.1, 0.15) is 16.9 Å². The van der Waals surface area contributed by atoms with Gasteiger partial charge in [0.15, 0.2) is 5.52 Å². The number of hydrogen-bond acceptors (Lipinski definition) is 8. The molecule has 0 bridgehead atoms. The van der Waals surface area contributed by atoms with Gasteiger partial charge >= 0.3 is 6.09 Å². The van der Waals surface area contributed by atoms with Crippen molar-refractivity contribution in [1.82, 2.24) is 39.3 Å². The molecule has 2 aromatic carbocycles. The first-order valence-electron chi connectivity index (χ1n) is 16.0. The van der Waals surface area contributed by atoms with Crippen molar-refractivity contribution in [2.45, 2.75) is 64.4 Å². The highest BCUT2D eigenvalue weighted by molar-refractivity contribution is 5.89. The van der Waals surface area contributed by atoms with Gasteiger partial charge < -0.3 is 15.2 Å². The zero-order valence-corrected chi connectivity index (χ0v) is 27.9. The van der Waals surface area contributed by atoms with Crippen molar-refractivity contribution < 1.29 is 19.0 Å². The van der Waals surface area contributed by atoms with E-state index in [2.05, 4.69) is 25.4 Å². The lowest BCUT2D eigenvalue weighted by Gasteiger charge is -2.38. The van der Waals surface area contributed by atoms with Gasteiger partial charge in [-0.2, -0.15) is 10.2 Å². The summed E-state index contributed by atoms with van der Waals surface area (Å²) in [6.45, 7) is 7.37. The van der Waals surface area contributed by atoms with Crippen molar-refractivity contribution in [2.75, 3.05) is 13.1 Å². The number of likely N-dealkylation sites (tertiary alicyclic amines) is 1. The number of fused-ring (bicyclic) bond motifs is 1. The predicted octanol–water partition coefficient (Wildman–Crippen LogP) is 4.39. The second-order valence-electron chi connectivity index (χ2n) is 13.5. The van der Waals surface area contributed by atoms with E-state index < -0.39 is 17.3 Å². The fourth-order valence-electron chi connectivity index (χ4n) is 6.14. The van der Waals surface area contributed by atoms with Crippen LogP contribution in [0.3, 0.4) is 0 Å². The molecule has 0 unspecified atom stereocenters. The third-order valence-corrected chi connectivity index (χ3v) is 8.69. The summed E-state index contributed by atoms with van der Waals surface area (Å²) in [4.78, 5) is 32.3. The van der Waals surface area contributed by atoms with Crippen LogP contribution in [0.15, 0.2) is 65.8 Å². The molecule has 1 amide bonds. The van der Waals surface area contributed by atoms with Crippen LogP contribution in [-0.2, 0) is 38.5 Å². The first kappa shape index (κ1) is 33.0. The lowest BCUT2D eigenvalue weighted by Crippen LogP contribution is -2.47. The van der Waals surface area contributed by atoms with Crippen LogP contribution in [0.25, 0.3) is 33.5 Å². The number of hydrogen-bond donors (Lipinski definition) is 2. The SMILES string of the molecule is Cn1nccc1-c1ccc(CN2CCC(O)(Cn3cnc4c(-c5ccc(CNC(=O)OC(C)(C)C)cc5)n(C)nc4c3=O)CC2)c(F)c1. The molecule has 1 fully saturated rings. The zero-order valence-electron chi connectivity index (χ0n) is 27.9. The molecule has 1 aliphatic heterocycles. The zero-order chi connectivity index (χ0) is 34.2. The van der Waals surface area contributed by atoms with E-state index in [1.165, 1.54) is 17.0 Å². The Morgan fingerprint density at radius 1 is 1.02 bits per heavy atom. The molecule has 48 heavy (non-hydrogen) atoms. The molecule has 0 atom stereocenters. The molecule has 1 aliphatic rings. The number of benzene rings is 2. The van der Waals surface area contributed by atoms with Gasteiger partial charge in [0.2, 0.25) is 0 Å². The van der Waals surface area contributed by atoms with Crippen molar-refractivity contribution in [3.8, 4) is 22.5 Å². The number of carbonyl (C=O) groups is 1. The van der Waals surface area contributed by atoms with Gasteiger partial charge in [-0.25, -0.2) is 14.2 Å². The topological polar surface area (TPSA) is 132 Å². The Kier molecular flexibility index (Phi) is 8.92. The Balaban J connectivity index is 1.09. The minimum absolute atomic E-state index is 0.0849. The van der Waals surface area contributed by atoms with Crippen LogP contribution in [0.2, 0.25) is 0 Å². The second kappa shape index (κ2) is 13.0. The average Bonchev–Trinajstić information content (AvgIpc) is 3.61. The van der Waals surface area contributed by atoms with E-state index in [1.54, 1.807) is 28.7 Å². The molecule has 2 N–H and O–H groups in total. The molecule has 13 heteroatoms. The van der Waals surface area contributed by atoms with Gasteiger partial charge in [0, 0.05) is 63.2 Å². The number of rotatable bonds is 8. The summed E-state index contributed by atoms with van der Waals surface area (Å²) < 4.78 is 25.1. The van der Waals surface area contributed by atoms with Gasteiger partial charge in [0.25, 0.3) is 5.56 Å². The highest BCUT2D eigenvalue weighted by atomic mass is 19.1. The largest absolute Gasteiger partial charge is 0.444 e. The van der Waals surface area contributed by atoms with Crippen molar-refractivity contribution in [1.29, 1.82) is 0 Å². The molecule has 4 heterocycles. The molecule has 5 aromatic rings. The van der Waals surface area contributed by atoms with E-state index in [1.807, 2.05) is 64.2 Å². The Labute approximate surface area is 277 Å². The molecular formula is C35H41FN8O4. The van der Waals surface area contributed by atoms with Crippen molar-refractivity contribution in [3.05, 3.63) is 88.4 Å². The number of nitrogens with zero attached hydrogens (tertiary/aromatic N) is 7. The highest BCUT2D eigenvalue weighted by Gasteiger charge is 2.34. The number of halogens is 1. The standard InChI is InChI=1S/C35H41FN8O4/c1-34(2,3)48-33(46)37-19-23-6-8-24(9-7-23)31-29-30(40-42(31)5)32(45)44(22-38-29)21-35(47)13-16-43(17-14-35)20-26-11-10-25(18-27(26)36)28-12-15-39-41(28)4/h6-12,15,18,22,47H,13-14,16-17,19-21H2,1-5H3,(H,37,46). The number of aliphatic hydroxyl groups is 1. The molecule has 3 aromatic heterocycles. The van der Waals surface area contributed by atoms with Gasteiger partial charge in [-0.05, 0) is 51.3 Å². The van der Waals surface area contributed by atoms with Gasteiger partial charge in [-0.15, -0.1) is 0 Å². The summed E-state index contributed by atoms with van der Waals surface area (Å²) in [5.74, 6) is -0.277. The van der Waals surface area contributed by atoms with Gasteiger partial charge in [-0.1, -0.05) is 36.4 Å². The highest BCUT2D eigenvalue weighted by Crippen LogP contribution is 2.29. The Hall–Kier alpha value is -4.88. The summed E-state index contributed by atoms with van der Waals surface area (Å²) >= 11 is 0. The van der Waals surface area contributed by atoms with Crippen molar-refractivity contribution >= 4 is 17.1 Å². The van der Waals surface area contributed by atoms with Crippen LogP contribution in [0.1, 0.15) is 44.7 Å². The average molecular weight is 657 g/mol. The quantitative estimate of drug-likeness (QED) is 0.252. The van der Waals surface area contributed by atoms with Crippen LogP contribution in [0.5, 0.6) is 0 Å². The number of piperidine rings is 1. The van der Waals surface area contributed by atoms with Crippen molar-refractivity contribution in [3.63, 3.8) is 0 Å². The van der Waals surface area contributed by atoms with Gasteiger partial charge in [-0.3, -0.25) is 23.6 Å². The molecule has 1 saturated heterocycles. The monoisotopic (exact) mass is 656 g/mol. The first-order valence-corrected chi connectivity index (χ1v) is 16.0. The fraction of sp³-hybridized carbons (Fsp3) is 0.400. The molecule has 0 aliphatic carbocycles. The Bertz CT molecular complexity index is 2000. The van der Waals surface area contributed by atoms with Gasteiger partial charge in [0.05, 0.1) is 29.9 Å². The van der Waals surface area contributed by atoms with Crippen LogP contribution < -0.4 is 10.9 Å². The van der Waals surface area contributed by atoms with Crippen LogP contribution in [-0.4, -0.2) is 69.5 Å². The van der Waals surface area contributed by atoms with Crippen LogP contribution in [0, 0.1) is 5.82 Å². The molecule has 0 spiro atoms. The van der Waals surface area contributed by atoms with Crippen LogP contribution >= 0.6 is 0 Å². The number of aryl methyl sites for hydroxylation is 2. The summed E-state index contributed by atoms with van der Waals surface area (Å²) in [5, 5.41) is 22.9. The van der Waals surface area contributed by atoms with E-state index in [0.29, 0.717) is 55.8 Å². The third kappa shape index (κ3) is 7.16. The summed E-state index contributed by atoms with van der Waals surface area (Å²) in [5.41, 5.74) is 3.26. The number of amides is 1. The van der Waals surface area contributed by atoms with E-state index in [0.717, 1.165) is 22.4 Å². The van der Waals surface area contributed by atoms with E-state index in [9.17, 15) is 14.7 Å². The molecule has 0 saturated carbocycles. The lowest BCUT2D eigenvalue weighted by molar-refractivity contribution is -0.0366.